The van der Waals surface area contributed by atoms with Crippen molar-refractivity contribution in [3.63, 3.8) is 0 Å². The van der Waals surface area contributed by atoms with Gasteiger partial charge in [0.1, 0.15) is 11.6 Å². The SMILES string of the molecule is CCc1nn(-c2ccccc2)c2c1CN(C(=O)NC1CCCC1)[C@@H](c1cccc(F)c1)c1cccn1-2. The number of aromatic nitrogens is 3. The second-order valence-corrected chi connectivity index (χ2v) is 9.67. The lowest BCUT2D eigenvalue weighted by Crippen LogP contribution is -2.45. The van der Waals surface area contributed by atoms with E-state index < -0.39 is 6.04 Å². The number of rotatable bonds is 4. The molecule has 2 amide bonds. The van der Waals surface area contributed by atoms with Gasteiger partial charge in [0.2, 0.25) is 0 Å². The van der Waals surface area contributed by atoms with E-state index in [0.717, 1.165) is 66.1 Å². The summed E-state index contributed by atoms with van der Waals surface area (Å²) in [6.45, 7) is 2.47. The monoisotopic (exact) mass is 483 g/mol. The number of amides is 2. The van der Waals surface area contributed by atoms with Crippen LogP contribution in [0.2, 0.25) is 0 Å². The Kier molecular flexibility index (Phi) is 5.83. The molecule has 2 aliphatic rings. The van der Waals surface area contributed by atoms with E-state index in [1.165, 1.54) is 12.1 Å². The van der Waals surface area contributed by atoms with Crippen molar-refractivity contribution in [1.29, 1.82) is 0 Å². The first-order chi connectivity index (χ1) is 17.6. The van der Waals surface area contributed by atoms with Gasteiger partial charge in [-0.3, -0.25) is 0 Å². The van der Waals surface area contributed by atoms with Crippen LogP contribution in [0.15, 0.2) is 72.9 Å². The topological polar surface area (TPSA) is 55.1 Å². The fourth-order valence-corrected chi connectivity index (χ4v) is 5.70. The Labute approximate surface area is 210 Å². The third-order valence-electron chi connectivity index (χ3n) is 7.41. The molecule has 36 heavy (non-hydrogen) atoms. The van der Waals surface area contributed by atoms with Gasteiger partial charge in [0.05, 0.1) is 29.7 Å². The minimum Gasteiger partial charge on any atom is -0.335 e. The van der Waals surface area contributed by atoms with Crippen molar-refractivity contribution in [2.24, 2.45) is 0 Å². The third kappa shape index (κ3) is 3.88. The summed E-state index contributed by atoms with van der Waals surface area (Å²) in [6, 6.07) is 20.3. The van der Waals surface area contributed by atoms with Crippen LogP contribution in [-0.2, 0) is 13.0 Å². The van der Waals surface area contributed by atoms with Crippen molar-refractivity contribution < 1.29 is 9.18 Å². The Hall–Kier alpha value is -3.87. The second-order valence-electron chi connectivity index (χ2n) is 9.67. The van der Waals surface area contributed by atoms with E-state index in [4.69, 9.17) is 5.10 Å². The van der Waals surface area contributed by atoms with E-state index >= 15 is 0 Å². The highest BCUT2D eigenvalue weighted by atomic mass is 19.1. The number of carbonyl (C=O) groups excluding carboxylic acids is 1. The Bertz CT molecular complexity index is 1390. The molecule has 6 rings (SSSR count). The number of carbonyl (C=O) groups is 1. The highest BCUT2D eigenvalue weighted by molar-refractivity contribution is 5.76. The molecular weight excluding hydrogens is 453 g/mol. The highest BCUT2D eigenvalue weighted by Crippen LogP contribution is 2.39. The van der Waals surface area contributed by atoms with Crippen LogP contribution in [0.25, 0.3) is 11.5 Å². The van der Waals surface area contributed by atoms with Crippen LogP contribution in [0.3, 0.4) is 0 Å². The molecule has 2 aromatic carbocycles. The van der Waals surface area contributed by atoms with Gasteiger partial charge in [-0.25, -0.2) is 13.9 Å². The van der Waals surface area contributed by atoms with Gasteiger partial charge in [0.15, 0.2) is 0 Å². The molecule has 6 nitrogen and oxygen atoms in total. The van der Waals surface area contributed by atoms with Gasteiger partial charge in [-0.2, -0.15) is 5.10 Å². The summed E-state index contributed by atoms with van der Waals surface area (Å²) in [5.74, 6) is 0.615. The number of urea groups is 1. The molecule has 1 fully saturated rings. The predicted octanol–water partition coefficient (Wildman–Crippen LogP) is 5.92. The molecule has 0 unspecified atom stereocenters. The maximum atomic E-state index is 14.4. The average Bonchev–Trinajstić information content (AvgIpc) is 3.63. The maximum Gasteiger partial charge on any atom is 0.318 e. The molecule has 3 heterocycles. The quantitative estimate of drug-likeness (QED) is 0.392. The minimum absolute atomic E-state index is 0.119. The number of aryl methyl sites for hydroxylation is 1. The van der Waals surface area contributed by atoms with Gasteiger partial charge in [0.25, 0.3) is 0 Å². The van der Waals surface area contributed by atoms with Crippen LogP contribution in [0.1, 0.15) is 61.2 Å². The van der Waals surface area contributed by atoms with E-state index in [1.807, 2.05) is 64.3 Å². The fourth-order valence-electron chi connectivity index (χ4n) is 5.70. The highest BCUT2D eigenvalue weighted by Gasteiger charge is 2.37. The summed E-state index contributed by atoms with van der Waals surface area (Å²) >= 11 is 0. The Morgan fingerprint density at radius 1 is 1.06 bits per heavy atom. The summed E-state index contributed by atoms with van der Waals surface area (Å²) in [5, 5.41) is 8.26. The molecule has 1 saturated carbocycles. The maximum absolute atomic E-state index is 14.4. The molecular formula is C29H30FN5O. The summed E-state index contributed by atoms with van der Waals surface area (Å²) in [6.07, 6.45) is 7.01. The van der Waals surface area contributed by atoms with Crippen LogP contribution < -0.4 is 5.32 Å². The lowest BCUT2D eigenvalue weighted by Gasteiger charge is -2.32. The summed E-state index contributed by atoms with van der Waals surface area (Å²) in [4.78, 5) is 15.7. The van der Waals surface area contributed by atoms with Crippen molar-refractivity contribution >= 4 is 6.03 Å². The van der Waals surface area contributed by atoms with E-state index in [2.05, 4.69) is 16.8 Å². The zero-order valence-electron chi connectivity index (χ0n) is 20.4. The van der Waals surface area contributed by atoms with E-state index in [9.17, 15) is 9.18 Å². The third-order valence-corrected chi connectivity index (χ3v) is 7.41. The molecule has 0 bridgehead atoms. The van der Waals surface area contributed by atoms with Crippen molar-refractivity contribution in [2.75, 3.05) is 0 Å². The molecule has 0 radical (unpaired) electrons. The van der Waals surface area contributed by atoms with Crippen LogP contribution in [-0.4, -0.2) is 31.3 Å². The number of nitrogens with one attached hydrogen (secondary N) is 1. The Morgan fingerprint density at radius 2 is 1.86 bits per heavy atom. The second kappa shape index (κ2) is 9.30. The van der Waals surface area contributed by atoms with Crippen molar-refractivity contribution in [2.45, 2.75) is 57.7 Å². The average molecular weight is 484 g/mol. The zero-order chi connectivity index (χ0) is 24.6. The molecule has 4 aromatic rings. The molecule has 7 heteroatoms. The molecule has 2 aromatic heterocycles. The molecule has 1 aliphatic carbocycles. The normalized spacial score (nSPS) is 17.5. The van der Waals surface area contributed by atoms with Gasteiger partial charge in [-0.05, 0) is 61.2 Å². The molecule has 1 N–H and O–H groups in total. The largest absolute Gasteiger partial charge is 0.335 e. The lowest BCUT2D eigenvalue weighted by molar-refractivity contribution is 0.176. The first-order valence-corrected chi connectivity index (χ1v) is 12.8. The summed E-state index contributed by atoms with van der Waals surface area (Å²) in [5.41, 5.74) is 4.57. The lowest BCUT2D eigenvalue weighted by atomic mass is 10.0. The van der Waals surface area contributed by atoms with Gasteiger partial charge in [-0.15, -0.1) is 0 Å². The van der Waals surface area contributed by atoms with Gasteiger partial charge >= 0.3 is 6.03 Å². The number of nitrogens with zero attached hydrogens (tertiary/aromatic N) is 4. The summed E-state index contributed by atoms with van der Waals surface area (Å²) < 4.78 is 18.5. The Balaban J connectivity index is 1.55. The van der Waals surface area contributed by atoms with Crippen LogP contribution >= 0.6 is 0 Å². The molecule has 1 atom stereocenters. The summed E-state index contributed by atoms with van der Waals surface area (Å²) in [7, 11) is 0. The van der Waals surface area contributed by atoms with Crippen LogP contribution in [0.5, 0.6) is 0 Å². The first-order valence-electron chi connectivity index (χ1n) is 12.8. The standard InChI is InChI=1S/C29H30FN5O/c1-2-25-24-19-34(29(36)31-22-12-6-7-13-22)27(20-10-8-11-21(30)18-20)26-16-9-17-33(26)28(24)35(32-25)23-14-4-3-5-15-23/h3-5,8-11,14-18,22,27H,2,6-7,12-13,19H2,1H3,(H,31,36)/t27-/m0/s1. The molecule has 1 aliphatic heterocycles. The molecule has 0 spiro atoms. The van der Waals surface area contributed by atoms with Gasteiger partial charge < -0.3 is 14.8 Å². The molecule has 184 valence electrons. The van der Waals surface area contributed by atoms with Crippen molar-refractivity contribution in [1.82, 2.24) is 24.6 Å². The van der Waals surface area contributed by atoms with Crippen molar-refractivity contribution in [3.05, 3.63) is 101 Å². The number of benzene rings is 2. The smallest absolute Gasteiger partial charge is 0.318 e. The first kappa shape index (κ1) is 22.6. The number of halogens is 1. The van der Waals surface area contributed by atoms with E-state index in [1.54, 1.807) is 6.07 Å². The van der Waals surface area contributed by atoms with Crippen molar-refractivity contribution in [3.8, 4) is 11.5 Å². The fraction of sp³-hybridized carbons (Fsp3) is 0.310. The number of fused-ring (bicyclic) bond motifs is 3. The predicted molar refractivity (Wildman–Crippen MR) is 137 cm³/mol. The van der Waals surface area contributed by atoms with E-state index in [0.29, 0.717) is 6.54 Å². The van der Waals surface area contributed by atoms with Gasteiger partial charge in [0, 0.05) is 17.8 Å². The number of hydrogen-bond donors (Lipinski definition) is 1. The minimum atomic E-state index is -0.446. The Morgan fingerprint density at radius 3 is 2.61 bits per heavy atom. The van der Waals surface area contributed by atoms with Crippen LogP contribution in [0, 0.1) is 5.82 Å². The van der Waals surface area contributed by atoms with Crippen LogP contribution in [0.4, 0.5) is 9.18 Å². The number of para-hydroxylation sites is 1. The van der Waals surface area contributed by atoms with E-state index in [-0.39, 0.29) is 17.9 Å². The number of hydrogen-bond acceptors (Lipinski definition) is 2. The zero-order valence-corrected chi connectivity index (χ0v) is 20.4. The molecule has 0 saturated heterocycles. The van der Waals surface area contributed by atoms with Gasteiger partial charge in [-0.1, -0.05) is 50.1 Å².